The number of benzene rings is 1. The molecule has 0 atom stereocenters. The zero-order valence-electron chi connectivity index (χ0n) is 17.4. The number of ether oxygens (including phenoxy) is 1. The minimum absolute atomic E-state index is 0.00856. The van der Waals surface area contributed by atoms with Crippen LogP contribution in [-0.2, 0) is 4.74 Å². The number of nitrogens with one attached hydrogen (secondary N) is 1. The number of hydrogen-bond acceptors (Lipinski definition) is 6. The first-order valence-electron chi connectivity index (χ1n) is 10.2. The Hall–Kier alpha value is -3.72. The van der Waals surface area contributed by atoms with Gasteiger partial charge in [0.25, 0.3) is 11.1 Å². The molecule has 11 nitrogen and oxygen atoms in total. The smallest absolute Gasteiger partial charge is 0.365 e. The first-order valence-corrected chi connectivity index (χ1v) is 10.9. The molecule has 13 heteroatoms. The Labute approximate surface area is 200 Å². The lowest BCUT2D eigenvalue weighted by atomic mass is 10.1. The number of halogens is 2. The summed E-state index contributed by atoms with van der Waals surface area (Å²) in [7, 11) is 0. The van der Waals surface area contributed by atoms with Crippen LogP contribution in [0.2, 0.25) is 10.0 Å². The number of aromatic nitrogens is 6. The summed E-state index contributed by atoms with van der Waals surface area (Å²) in [6.45, 7) is 8.20. The van der Waals surface area contributed by atoms with Gasteiger partial charge in [0.2, 0.25) is 0 Å². The van der Waals surface area contributed by atoms with Crippen LogP contribution in [0.5, 0.6) is 0 Å². The topological polar surface area (TPSA) is 121 Å². The maximum absolute atomic E-state index is 12.7. The molecule has 4 aromatic rings. The molecular formula is C21H15Cl2N7O4. The largest absolute Gasteiger partial charge is 0.381 e. The van der Waals surface area contributed by atoms with Crippen LogP contribution in [0.3, 0.4) is 0 Å². The van der Waals surface area contributed by atoms with Gasteiger partial charge in [-0.1, -0.05) is 29.8 Å². The summed E-state index contributed by atoms with van der Waals surface area (Å²) in [6, 6.07) is 5.96. The Balaban J connectivity index is 1.66. The first-order chi connectivity index (χ1) is 16.4. The number of aromatic amines is 1. The Morgan fingerprint density at radius 2 is 1.76 bits per heavy atom. The van der Waals surface area contributed by atoms with Crippen LogP contribution in [0.1, 0.15) is 18.9 Å². The van der Waals surface area contributed by atoms with Gasteiger partial charge < -0.3 is 14.1 Å². The molecule has 1 aromatic carbocycles. The average Bonchev–Trinajstić information content (AvgIpc) is 3.22. The molecule has 0 unspecified atom stereocenters. The van der Waals surface area contributed by atoms with E-state index >= 15 is 0 Å². The summed E-state index contributed by atoms with van der Waals surface area (Å²) in [6.07, 6.45) is 3.02. The molecule has 0 amide bonds. The van der Waals surface area contributed by atoms with E-state index in [-0.39, 0.29) is 27.3 Å². The van der Waals surface area contributed by atoms with Crippen molar-refractivity contribution in [3.63, 3.8) is 0 Å². The summed E-state index contributed by atoms with van der Waals surface area (Å²) < 4.78 is 9.49. The molecule has 1 aliphatic heterocycles. The van der Waals surface area contributed by atoms with Gasteiger partial charge in [0, 0.05) is 25.3 Å². The number of rotatable bonds is 3. The maximum atomic E-state index is 12.7. The zero-order valence-corrected chi connectivity index (χ0v) is 18.9. The number of fused-ring (bicyclic) bond motifs is 1. The van der Waals surface area contributed by atoms with Crippen molar-refractivity contribution in [1.29, 1.82) is 0 Å². The number of pyridine rings is 1. The van der Waals surface area contributed by atoms with Crippen molar-refractivity contribution in [2.45, 2.75) is 18.9 Å². The SMILES string of the molecule is [C-]#[N+]c1nn(-c2cc(Cl)c(-n3ncc4c3ccc(=O)n4C3CCOCC3)c(Cl)c2)c(=O)[nH]c1=O. The highest BCUT2D eigenvalue weighted by molar-refractivity contribution is 6.38. The quantitative estimate of drug-likeness (QED) is 0.432. The van der Waals surface area contributed by atoms with Crippen molar-refractivity contribution in [3.05, 3.63) is 83.1 Å². The predicted molar refractivity (Wildman–Crippen MR) is 125 cm³/mol. The third-order valence-electron chi connectivity index (χ3n) is 5.60. The molecule has 172 valence electrons. The molecule has 1 aliphatic rings. The highest BCUT2D eigenvalue weighted by Crippen LogP contribution is 2.33. The fourth-order valence-electron chi connectivity index (χ4n) is 4.05. The van der Waals surface area contributed by atoms with Crippen LogP contribution >= 0.6 is 23.2 Å². The van der Waals surface area contributed by atoms with Crippen LogP contribution in [-0.4, -0.2) is 42.3 Å². The van der Waals surface area contributed by atoms with Crippen LogP contribution in [0.25, 0.3) is 27.3 Å². The maximum Gasteiger partial charge on any atom is 0.365 e. The molecule has 3 aromatic heterocycles. The van der Waals surface area contributed by atoms with Crippen LogP contribution in [0.15, 0.2) is 44.8 Å². The van der Waals surface area contributed by atoms with Crippen molar-refractivity contribution >= 4 is 40.1 Å². The van der Waals surface area contributed by atoms with Crippen molar-refractivity contribution in [3.8, 4) is 11.4 Å². The van der Waals surface area contributed by atoms with Crippen LogP contribution in [0.4, 0.5) is 5.82 Å². The molecule has 0 aliphatic carbocycles. The van der Waals surface area contributed by atoms with E-state index in [1.807, 2.05) is 4.98 Å². The fraction of sp³-hybridized carbons (Fsp3) is 0.238. The summed E-state index contributed by atoms with van der Waals surface area (Å²) in [5.41, 5.74) is -0.118. The summed E-state index contributed by atoms with van der Waals surface area (Å²) in [5.74, 6) is -0.500. The number of nitrogens with zero attached hydrogens (tertiary/aromatic N) is 6. The Morgan fingerprint density at radius 3 is 2.44 bits per heavy atom. The van der Waals surface area contributed by atoms with Gasteiger partial charge in [-0.05, 0) is 36.1 Å². The third kappa shape index (κ3) is 3.62. The summed E-state index contributed by atoms with van der Waals surface area (Å²) in [5, 5.41) is 8.48. The van der Waals surface area contributed by atoms with Crippen molar-refractivity contribution in [1.82, 2.24) is 29.1 Å². The van der Waals surface area contributed by atoms with Crippen LogP contribution in [0, 0.1) is 6.57 Å². The second-order valence-electron chi connectivity index (χ2n) is 7.58. The predicted octanol–water partition coefficient (Wildman–Crippen LogP) is 2.63. The van der Waals surface area contributed by atoms with E-state index in [4.69, 9.17) is 34.5 Å². The summed E-state index contributed by atoms with van der Waals surface area (Å²) in [4.78, 5) is 41.6. The van der Waals surface area contributed by atoms with Gasteiger partial charge in [0.05, 0.1) is 33.0 Å². The van der Waals surface area contributed by atoms with Gasteiger partial charge in [0.15, 0.2) is 0 Å². The lowest BCUT2D eigenvalue weighted by Gasteiger charge is -2.24. The molecule has 0 spiro atoms. The van der Waals surface area contributed by atoms with E-state index in [9.17, 15) is 14.4 Å². The lowest BCUT2D eigenvalue weighted by molar-refractivity contribution is 0.0698. The Kier molecular flexibility index (Phi) is 5.57. The van der Waals surface area contributed by atoms with E-state index in [1.54, 1.807) is 16.8 Å². The molecule has 1 N–H and O–H groups in total. The summed E-state index contributed by atoms with van der Waals surface area (Å²) >= 11 is 13.1. The fourth-order valence-corrected chi connectivity index (χ4v) is 4.69. The second-order valence-corrected chi connectivity index (χ2v) is 8.39. The van der Waals surface area contributed by atoms with E-state index in [0.29, 0.717) is 42.8 Å². The Morgan fingerprint density at radius 1 is 1.06 bits per heavy atom. The van der Waals surface area contributed by atoms with E-state index < -0.39 is 17.1 Å². The molecule has 0 bridgehead atoms. The average molecular weight is 500 g/mol. The van der Waals surface area contributed by atoms with Crippen molar-refractivity contribution < 1.29 is 4.74 Å². The third-order valence-corrected chi connectivity index (χ3v) is 6.17. The number of H-pyrrole nitrogens is 1. The number of hydrogen-bond donors (Lipinski definition) is 1. The van der Waals surface area contributed by atoms with Crippen molar-refractivity contribution in [2.75, 3.05) is 13.2 Å². The van der Waals surface area contributed by atoms with E-state index in [0.717, 1.165) is 4.68 Å². The molecule has 0 saturated carbocycles. The molecule has 5 rings (SSSR count). The first kappa shape index (κ1) is 22.1. The van der Waals surface area contributed by atoms with Crippen LogP contribution < -0.4 is 16.8 Å². The van der Waals surface area contributed by atoms with Crippen molar-refractivity contribution in [2.24, 2.45) is 0 Å². The molecule has 0 radical (unpaired) electrons. The standard InChI is InChI=1S/C21H15Cl2N7O4/c1-24-19-20(32)26-21(33)29(27-19)12-8-13(22)18(14(23)9-12)30-15-2-3-17(31)28(16(15)10-25-30)11-4-6-34-7-5-11/h2-3,8-11H,4-7H2,(H,26,32,33). The molecule has 1 saturated heterocycles. The molecule has 34 heavy (non-hydrogen) atoms. The highest BCUT2D eigenvalue weighted by atomic mass is 35.5. The molecular weight excluding hydrogens is 485 g/mol. The Bertz CT molecular complexity index is 1630. The molecule has 4 heterocycles. The minimum atomic E-state index is -0.886. The van der Waals surface area contributed by atoms with Gasteiger partial charge in [-0.25, -0.2) is 9.48 Å². The van der Waals surface area contributed by atoms with Gasteiger partial charge in [-0.15, -0.1) is 4.68 Å². The zero-order chi connectivity index (χ0) is 24.0. The van der Waals surface area contributed by atoms with E-state index in [1.165, 1.54) is 22.9 Å². The molecule has 1 fully saturated rings. The minimum Gasteiger partial charge on any atom is -0.381 e. The van der Waals surface area contributed by atoms with E-state index in [2.05, 4.69) is 15.0 Å². The van der Waals surface area contributed by atoms with Gasteiger partial charge in [-0.3, -0.25) is 14.6 Å². The van der Waals surface area contributed by atoms with Gasteiger partial charge in [-0.2, -0.15) is 5.10 Å². The normalized spacial score (nSPS) is 14.4. The highest BCUT2D eigenvalue weighted by Gasteiger charge is 2.22. The van der Waals surface area contributed by atoms with Gasteiger partial charge in [0.1, 0.15) is 5.69 Å². The van der Waals surface area contributed by atoms with Gasteiger partial charge >= 0.3 is 11.5 Å². The monoisotopic (exact) mass is 499 g/mol. The second kappa shape index (κ2) is 8.57. The lowest BCUT2D eigenvalue weighted by Crippen LogP contribution is -2.30.